The molecule has 1 saturated heterocycles. The number of halogens is 3. The zero-order chi connectivity index (χ0) is 22.3. The van der Waals surface area contributed by atoms with Crippen LogP contribution in [0.3, 0.4) is 0 Å². The van der Waals surface area contributed by atoms with Gasteiger partial charge in [-0.05, 0) is 61.7 Å². The zero-order valence-corrected chi connectivity index (χ0v) is 18.9. The number of nitrogens with zero attached hydrogens (tertiary/aromatic N) is 2. The minimum atomic E-state index is -0.479. The summed E-state index contributed by atoms with van der Waals surface area (Å²) in [6, 6.07) is 11.3. The first-order chi connectivity index (χ1) is 14.8. The molecule has 0 N–H and O–H groups in total. The van der Waals surface area contributed by atoms with E-state index in [1.807, 2.05) is 13.0 Å². The molecule has 2 aromatic carbocycles. The lowest BCUT2D eigenvalue weighted by molar-refractivity contribution is -0.155. The van der Waals surface area contributed by atoms with Crippen molar-refractivity contribution in [2.24, 2.45) is 11.8 Å². The summed E-state index contributed by atoms with van der Waals surface area (Å²) in [5.41, 5.74) is 2.03. The van der Waals surface area contributed by atoms with Gasteiger partial charge in [0.2, 0.25) is 0 Å². The summed E-state index contributed by atoms with van der Waals surface area (Å²) in [5, 5.41) is 3.39. The molecule has 0 aromatic heterocycles. The number of hydrogen-bond donors (Lipinski definition) is 0. The van der Waals surface area contributed by atoms with Gasteiger partial charge in [-0.2, -0.15) is 5.01 Å². The first kappa shape index (κ1) is 21.9. The van der Waals surface area contributed by atoms with Crippen molar-refractivity contribution in [1.82, 2.24) is 10.0 Å². The molecule has 0 bridgehead atoms. The largest absolute Gasteiger partial charge is 0.273 e. The number of carbonyl (C=O) groups excluding carboxylic acids is 3. The molecule has 0 saturated carbocycles. The molecule has 2 aliphatic rings. The number of imide groups is 1. The summed E-state index contributed by atoms with van der Waals surface area (Å²) in [4.78, 5) is 39.9. The van der Waals surface area contributed by atoms with Crippen LogP contribution < -0.4 is 0 Å². The Kier molecular flexibility index (Phi) is 6.11. The summed E-state index contributed by atoms with van der Waals surface area (Å²) in [7, 11) is 0. The predicted octanol–water partition coefficient (Wildman–Crippen LogP) is 5.55. The lowest BCUT2D eigenvalue weighted by Gasteiger charge is -2.30. The Morgan fingerprint density at radius 2 is 1.68 bits per heavy atom. The average Bonchev–Trinajstić information content (AvgIpc) is 2.98. The van der Waals surface area contributed by atoms with E-state index in [1.165, 1.54) is 5.01 Å². The Hall–Kier alpha value is -2.34. The molecule has 1 aliphatic carbocycles. The van der Waals surface area contributed by atoms with Gasteiger partial charge in [0.15, 0.2) is 0 Å². The van der Waals surface area contributed by atoms with Gasteiger partial charge in [0.25, 0.3) is 17.7 Å². The molecule has 0 spiro atoms. The fraction of sp³-hybridized carbons (Fsp3) is 0.261. The molecule has 0 unspecified atom stereocenters. The molecule has 31 heavy (non-hydrogen) atoms. The van der Waals surface area contributed by atoms with E-state index in [9.17, 15) is 14.4 Å². The first-order valence-corrected chi connectivity index (χ1v) is 10.9. The van der Waals surface area contributed by atoms with Gasteiger partial charge in [-0.3, -0.25) is 14.4 Å². The summed E-state index contributed by atoms with van der Waals surface area (Å²) in [6.07, 6.45) is 3.00. The lowest BCUT2D eigenvalue weighted by atomic mass is 9.82. The summed E-state index contributed by atoms with van der Waals surface area (Å²) >= 11 is 18.1. The van der Waals surface area contributed by atoms with Crippen molar-refractivity contribution >= 4 is 52.5 Å². The van der Waals surface area contributed by atoms with E-state index in [2.05, 4.69) is 0 Å². The maximum absolute atomic E-state index is 13.4. The maximum atomic E-state index is 13.4. The second-order valence-electron chi connectivity index (χ2n) is 7.81. The molecule has 8 heteroatoms. The smallest absolute Gasteiger partial charge is 0.272 e. The van der Waals surface area contributed by atoms with Crippen molar-refractivity contribution in [2.45, 2.75) is 26.3 Å². The number of fused-ring (bicyclic) bond motifs is 1. The van der Waals surface area contributed by atoms with E-state index in [0.717, 1.165) is 10.6 Å². The fourth-order valence-corrected chi connectivity index (χ4v) is 4.49. The van der Waals surface area contributed by atoms with Crippen molar-refractivity contribution in [2.75, 3.05) is 0 Å². The van der Waals surface area contributed by atoms with E-state index in [-0.39, 0.29) is 18.4 Å². The Balaban J connectivity index is 1.72. The number of benzene rings is 2. The van der Waals surface area contributed by atoms with Gasteiger partial charge >= 0.3 is 0 Å². The number of amides is 3. The van der Waals surface area contributed by atoms with Crippen molar-refractivity contribution in [3.8, 4) is 0 Å². The molecule has 3 amide bonds. The molecular weight excluding hydrogens is 459 g/mol. The Morgan fingerprint density at radius 1 is 1.00 bits per heavy atom. The van der Waals surface area contributed by atoms with Crippen LogP contribution in [0.25, 0.3) is 0 Å². The second-order valence-corrected chi connectivity index (χ2v) is 9.06. The normalized spacial score (nSPS) is 20.5. The van der Waals surface area contributed by atoms with Gasteiger partial charge in [0, 0.05) is 10.6 Å². The van der Waals surface area contributed by atoms with Crippen molar-refractivity contribution in [3.63, 3.8) is 0 Å². The van der Waals surface area contributed by atoms with Crippen LogP contribution >= 0.6 is 34.8 Å². The van der Waals surface area contributed by atoms with E-state index in [0.29, 0.717) is 39.0 Å². The third-order valence-electron chi connectivity index (χ3n) is 5.68. The average molecular weight is 478 g/mol. The second kappa shape index (κ2) is 8.65. The standard InChI is InChI=1S/C23H19Cl3N2O3/c1-13-2-8-17-18(10-13)23(31)28(22(17)30)27(12-14-3-9-19(25)20(26)11-14)21(29)15-4-6-16(24)7-5-15/h2-7,9,11,17-18H,8,10,12H2,1H3/t17-,18+/m1/s1. The highest BCUT2D eigenvalue weighted by Gasteiger charge is 2.51. The molecule has 1 fully saturated rings. The quantitative estimate of drug-likeness (QED) is 0.429. The van der Waals surface area contributed by atoms with Crippen LogP contribution in [0, 0.1) is 11.8 Å². The molecule has 2 aromatic rings. The van der Waals surface area contributed by atoms with Gasteiger partial charge in [0.1, 0.15) is 0 Å². The Morgan fingerprint density at radius 3 is 2.35 bits per heavy atom. The third kappa shape index (κ3) is 4.22. The maximum Gasteiger partial charge on any atom is 0.273 e. The van der Waals surface area contributed by atoms with Gasteiger partial charge in [-0.25, -0.2) is 5.01 Å². The molecule has 2 atom stereocenters. The van der Waals surface area contributed by atoms with Crippen LogP contribution in [0.5, 0.6) is 0 Å². The van der Waals surface area contributed by atoms with Gasteiger partial charge in [-0.1, -0.05) is 52.5 Å². The fourth-order valence-electron chi connectivity index (χ4n) is 4.04. The minimum Gasteiger partial charge on any atom is -0.272 e. The van der Waals surface area contributed by atoms with Gasteiger partial charge in [0.05, 0.1) is 28.4 Å². The number of hydrazine groups is 1. The topological polar surface area (TPSA) is 57.7 Å². The molecule has 1 aliphatic heterocycles. The summed E-state index contributed by atoms with van der Waals surface area (Å²) < 4.78 is 0. The Labute approximate surface area is 195 Å². The van der Waals surface area contributed by atoms with Crippen LogP contribution in [0.4, 0.5) is 0 Å². The summed E-state index contributed by atoms with van der Waals surface area (Å²) in [6.45, 7) is 1.94. The van der Waals surface area contributed by atoms with E-state index >= 15 is 0 Å². The van der Waals surface area contributed by atoms with E-state index < -0.39 is 17.7 Å². The SMILES string of the molecule is CC1=CC[C@H]2C(=O)N(N(Cc3ccc(Cl)c(Cl)c3)C(=O)c3ccc(Cl)cc3)C(=O)[C@H]2C1. The first-order valence-electron chi connectivity index (χ1n) is 9.81. The molecular formula is C23H19Cl3N2O3. The highest BCUT2D eigenvalue weighted by molar-refractivity contribution is 6.42. The zero-order valence-electron chi connectivity index (χ0n) is 16.6. The van der Waals surface area contributed by atoms with Crippen LogP contribution in [0.1, 0.15) is 35.7 Å². The minimum absolute atomic E-state index is 0.0122. The number of hydrogen-bond acceptors (Lipinski definition) is 3. The number of allylic oxidation sites excluding steroid dienone is 2. The van der Waals surface area contributed by atoms with Crippen LogP contribution in [-0.2, 0) is 16.1 Å². The lowest BCUT2D eigenvalue weighted by Crippen LogP contribution is -2.49. The van der Waals surface area contributed by atoms with Crippen LogP contribution in [0.2, 0.25) is 15.1 Å². The van der Waals surface area contributed by atoms with E-state index in [1.54, 1.807) is 42.5 Å². The van der Waals surface area contributed by atoms with Crippen molar-refractivity contribution in [3.05, 3.63) is 80.3 Å². The van der Waals surface area contributed by atoms with Gasteiger partial charge in [-0.15, -0.1) is 0 Å². The Bertz CT molecular complexity index is 1100. The molecule has 0 radical (unpaired) electrons. The summed E-state index contributed by atoms with van der Waals surface area (Å²) in [5.74, 6) is -2.10. The van der Waals surface area contributed by atoms with E-state index in [4.69, 9.17) is 34.8 Å². The highest BCUT2D eigenvalue weighted by Crippen LogP contribution is 2.39. The number of rotatable bonds is 4. The third-order valence-corrected chi connectivity index (χ3v) is 6.67. The molecule has 1 heterocycles. The molecule has 5 nitrogen and oxygen atoms in total. The van der Waals surface area contributed by atoms with Gasteiger partial charge < -0.3 is 0 Å². The van der Waals surface area contributed by atoms with Crippen LogP contribution in [-0.4, -0.2) is 27.7 Å². The highest BCUT2D eigenvalue weighted by atomic mass is 35.5. The predicted molar refractivity (Wildman–Crippen MR) is 120 cm³/mol. The molecule has 4 rings (SSSR count). The van der Waals surface area contributed by atoms with Crippen LogP contribution in [0.15, 0.2) is 54.1 Å². The monoisotopic (exact) mass is 476 g/mol. The van der Waals surface area contributed by atoms with Crippen molar-refractivity contribution in [1.29, 1.82) is 0 Å². The molecule has 160 valence electrons. The van der Waals surface area contributed by atoms with Crippen molar-refractivity contribution < 1.29 is 14.4 Å². The number of carbonyl (C=O) groups is 3.